The zero-order valence-electron chi connectivity index (χ0n) is 10.5. The molecule has 3 heteroatoms. The summed E-state index contributed by atoms with van der Waals surface area (Å²) in [5.74, 6) is 0.700. The maximum Gasteiger partial charge on any atom is 0.125 e. The smallest absolute Gasteiger partial charge is 0.125 e. The van der Waals surface area contributed by atoms with Gasteiger partial charge in [0, 0.05) is 25.3 Å². The SMILES string of the molecule is CCC1CCN(CCNc2cccc(F)c2)C1. The summed E-state index contributed by atoms with van der Waals surface area (Å²) in [6, 6.07) is 6.65. The van der Waals surface area contributed by atoms with Crippen LogP contribution in [0.5, 0.6) is 0 Å². The number of halogens is 1. The molecule has 0 radical (unpaired) electrons. The van der Waals surface area contributed by atoms with Crippen LogP contribution in [0, 0.1) is 11.7 Å². The number of likely N-dealkylation sites (tertiary alicyclic amines) is 1. The summed E-state index contributed by atoms with van der Waals surface area (Å²) in [5, 5.41) is 3.26. The van der Waals surface area contributed by atoms with Crippen LogP contribution < -0.4 is 5.32 Å². The number of nitrogens with zero attached hydrogens (tertiary/aromatic N) is 1. The van der Waals surface area contributed by atoms with Crippen molar-refractivity contribution in [3.05, 3.63) is 30.1 Å². The minimum Gasteiger partial charge on any atom is -0.384 e. The molecule has 0 amide bonds. The van der Waals surface area contributed by atoms with Gasteiger partial charge in [0.15, 0.2) is 0 Å². The Morgan fingerprint density at radius 2 is 2.35 bits per heavy atom. The number of hydrogen-bond acceptors (Lipinski definition) is 2. The van der Waals surface area contributed by atoms with Gasteiger partial charge in [-0.1, -0.05) is 19.4 Å². The first kappa shape index (κ1) is 12.4. The summed E-state index contributed by atoms with van der Waals surface area (Å²) < 4.78 is 12.9. The lowest BCUT2D eigenvalue weighted by Crippen LogP contribution is -2.26. The standard InChI is InChI=1S/C14H21FN2/c1-2-12-6-8-17(11-12)9-7-16-14-5-3-4-13(15)10-14/h3-5,10,12,16H,2,6-9,11H2,1H3. The monoisotopic (exact) mass is 236 g/mol. The maximum atomic E-state index is 12.9. The minimum atomic E-state index is -0.179. The molecule has 1 aliphatic rings. The molecule has 0 bridgehead atoms. The van der Waals surface area contributed by atoms with Gasteiger partial charge >= 0.3 is 0 Å². The second-order valence-electron chi connectivity index (χ2n) is 4.80. The van der Waals surface area contributed by atoms with Crippen molar-refractivity contribution in [2.75, 3.05) is 31.5 Å². The molecule has 0 saturated carbocycles. The van der Waals surface area contributed by atoms with Crippen LogP contribution in [0.2, 0.25) is 0 Å². The normalized spacial score (nSPS) is 20.7. The molecule has 1 aromatic carbocycles. The first-order valence-electron chi connectivity index (χ1n) is 6.49. The van der Waals surface area contributed by atoms with Crippen LogP contribution in [0.1, 0.15) is 19.8 Å². The van der Waals surface area contributed by atoms with Crippen molar-refractivity contribution in [2.45, 2.75) is 19.8 Å². The molecular formula is C14H21FN2. The molecule has 1 N–H and O–H groups in total. The van der Waals surface area contributed by atoms with E-state index in [9.17, 15) is 4.39 Å². The van der Waals surface area contributed by atoms with Gasteiger partial charge in [-0.3, -0.25) is 0 Å². The Hall–Kier alpha value is -1.09. The largest absolute Gasteiger partial charge is 0.384 e. The molecule has 0 spiro atoms. The number of rotatable bonds is 5. The van der Waals surface area contributed by atoms with Crippen molar-refractivity contribution >= 4 is 5.69 Å². The molecule has 1 unspecified atom stereocenters. The van der Waals surface area contributed by atoms with Crippen LogP contribution in [-0.4, -0.2) is 31.1 Å². The van der Waals surface area contributed by atoms with Gasteiger partial charge in [0.25, 0.3) is 0 Å². The predicted octanol–water partition coefficient (Wildman–Crippen LogP) is 2.97. The molecule has 2 rings (SSSR count). The Labute approximate surface area is 103 Å². The molecule has 17 heavy (non-hydrogen) atoms. The number of hydrogen-bond donors (Lipinski definition) is 1. The highest BCUT2D eigenvalue weighted by Crippen LogP contribution is 2.18. The summed E-state index contributed by atoms with van der Waals surface area (Å²) in [4.78, 5) is 2.49. The Balaban J connectivity index is 1.70. The fourth-order valence-electron chi connectivity index (χ4n) is 2.41. The molecule has 0 aromatic heterocycles. The Morgan fingerprint density at radius 1 is 1.47 bits per heavy atom. The summed E-state index contributed by atoms with van der Waals surface area (Å²) in [6.07, 6.45) is 2.62. The van der Waals surface area contributed by atoms with E-state index in [-0.39, 0.29) is 5.82 Å². The third-order valence-electron chi connectivity index (χ3n) is 3.53. The average molecular weight is 236 g/mol. The molecule has 1 atom stereocenters. The molecule has 1 heterocycles. The third-order valence-corrected chi connectivity index (χ3v) is 3.53. The average Bonchev–Trinajstić information content (AvgIpc) is 2.77. The lowest BCUT2D eigenvalue weighted by atomic mass is 10.1. The molecule has 0 aliphatic carbocycles. The van der Waals surface area contributed by atoms with Crippen LogP contribution in [-0.2, 0) is 0 Å². The van der Waals surface area contributed by atoms with E-state index in [1.165, 1.54) is 32.0 Å². The molecule has 1 aliphatic heterocycles. The minimum absolute atomic E-state index is 0.179. The summed E-state index contributed by atoms with van der Waals surface area (Å²) >= 11 is 0. The van der Waals surface area contributed by atoms with Gasteiger partial charge in [-0.15, -0.1) is 0 Å². The fourth-order valence-corrected chi connectivity index (χ4v) is 2.41. The zero-order valence-corrected chi connectivity index (χ0v) is 10.5. The first-order chi connectivity index (χ1) is 8.28. The summed E-state index contributed by atoms with van der Waals surface area (Å²) in [5.41, 5.74) is 0.872. The number of nitrogens with one attached hydrogen (secondary N) is 1. The molecule has 1 saturated heterocycles. The highest BCUT2D eigenvalue weighted by atomic mass is 19.1. The Bertz CT molecular complexity index is 354. The van der Waals surface area contributed by atoms with Gasteiger partial charge < -0.3 is 10.2 Å². The van der Waals surface area contributed by atoms with Gasteiger partial charge in [0.2, 0.25) is 0 Å². The highest BCUT2D eigenvalue weighted by molar-refractivity contribution is 5.42. The number of benzene rings is 1. The lowest BCUT2D eigenvalue weighted by molar-refractivity contribution is 0.335. The van der Waals surface area contributed by atoms with Crippen LogP contribution in [0.15, 0.2) is 24.3 Å². The van der Waals surface area contributed by atoms with Crippen molar-refractivity contribution < 1.29 is 4.39 Å². The van der Waals surface area contributed by atoms with Gasteiger partial charge in [-0.05, 0) is 37.1 Å². The summed E-state index contributed by atoms with van der Waals surface area (Å²) in [7, 11) is 0. The van der Waals surface area contributed by atoms with E-state index in [1.54, 1.807) is 12.1 Å². The van der Waals surface area contributed by atoms with Crippen molar-refractivity contribution in [3.63, 3.8) is 0 Å². The Morgan fingerprint density at radius 3 is 3.06 bits per heavy atom. The van der Waals surface area contributed by atoms with Crippen molar-refractivity contribution in [3.8, 4) is 0 Å². The van der Waals surface area contributed by atoms with Crippen LogP contribution in [0.3, 0.4) is 0 Å². The molecule has 1 aromatic rings. The van der Waals surface area contributed by atoms with E-state index < -0.39 is 0 Å². The Kier molecular flexibility index (Phi) is 4.37. The first-order valence-corrected chi connectivity index (χ1v) is 6.49. The molecule has 2 nitrogen and oxygen atoms in total. The van der Waals surface area contributed by atoms with Gasteiger partial charge in [0.05, 0.1) is 0 Å². The molecule has 1 fully saturated rings. The van der Waals surface area contributed by atoms with Crippen molar-refractivity contribution in [1.82, 2.24) is 4.90 Å². The van der Waals surface area contributed by atoms with Crippen molar-refractivity contribution in [2.24, 2.45) is 5.92 Å². The third kappa shape index (κ3) is 3.70. The van der Waals surface area contributed by atoms with E-state index in [1.807, 2.05) is 6.07 Å². The zero-order chi connectivity index (χ0) is 12.1. The molecular weight excluding hydrogens is 215 g/mol. The van der Waals surface area contributed by atoms with Gasteiger partial charge in [0.1, 0.15) is 5.82 Å². The fraction of sp³-hybridized carbons (Fsp3) is 0.571. The summed E-state index contributed by atoms with van der Waals surface area (Å²) in [6.45, 7) is 6.64. The van der Waals surface area contributed by atoms with Crippen LogP contribution in [0.4, 0.5) is 10.1 Å². The van der Waals surface area contributed by atoms with Crippen molar-refractivity contribution in [1.29, 1.82) is 0 Å². The quantitative estimate of drug-likeness (QED) is 0.845. The second kappa shape index (κ2) is 6.01. The van der Waals surface area contributed by atoms with Crippen LogP contribution >= 0.6 is 0 Å². The maximum absolute atomic E-state index is 12.9. The molecule has 94 valence electrons. The van der Waals surface area contributed by atoms with Crippen LogP contribution in [0.25, 0.3) is 0 Å². The van der Waals surface area contributed by atoms with E-state index in [4.69, 9.17) is 0 Å². The van der Waals surface area contributed by atoms with E-state index in [2.05, 4.69) is 17.1 Å². The van der Waals surface area contributed by atoms with E-state index in [0.717, 1.165) is 24.7 Å². The lowest BCUT2D eigenvalue weighted by Gasteiger charge is -2.16. The highest BCUT2D eigenvalue weighted by Gasteiger charge is 2.19. The number of anilines is 1. The second-order valence-corrected chi connectivity index (χ2v) is 4.80. The van der Waals surface area contributed by atoms with Gasteiger partial charge in [-0.25, -0.2) is 4.39 Å². The topological polar surface area (TPSA) is 15.3 Å². The predicted molar refractivity (Wildman–Crippen MR) is 69.7 cm³/mol. The van der Waals surface area contributed by atoms with Gasteiger partial charge in [-0.2, -0.15) is 0 Å². The van der Waals surface area contributed by atoms with E-state index in [0.29, 0.717) is 0 Å². The van der Waals surface area contributed by atoms with E-state index >= 15 is 0 Å².